The van der Waals surface area contributed by atoms with E-state index in [1.54, 1.807) is 13.0 Å². The maximum atomic E-state index is 8.91. The molecular formula is C16H18N4. The molecule has 4 nitrogen and oxygen atoms in total. The van der Waals surface area contributed by atoms with Crippen molar-refractivity contribution < 1.29 is 0 Å². The highest BCUT2D eigenvalue weighted by molar-refractivity contribution is 5.57. The van der Waals surface area contributed by atoms with E-state index in [4.69, 9.17) is 5.26 Å². The third kappa shape index (κ3) is 3.33. The van der Waals surface area contributed by atoms with E-state index < -0.39 is 0 Å². The van der Waals surface area contributed by atoms with Gasteiger partial charge in [-0.2, -0.15) is 5.26 Å². The Morgan fingerprint density at radius 2 is 1.75 bits per heavy atom. The van der Waals surface area contributed by atoms with Gasteiger partial charge in [0.15, 0.2) is 0 Å². The molecule has 102 valence electrons. The number of nitrogens with one attached hydrogen (secondary N) is 1. The SMILES string of the molecule is Cc1nc(C#N)cc(Nc2ccc(C(C)(C)C)cc2)n1. The van der Waals surface area contributed by atoms with Crippen LogP contribution in [0.3, 0.4) is 0 Å². The highest BCUT2D eigenvalue weighted by Crippen LogP contribution is 2.24. The van der Waals surface area contributed by atoms with Crippen LogP contribution in [-0.2, 0) is 5.41 Å². The molecule has 0 bridgehead atoms. The number of aromatic nitrogens is 2. The Morgan fingerprint density at radius 1 is 1.10 bits per heavy atom. The number of rotatable bonds is 2. The van der Waals surface area contributed by atoms with Crippen molar-refractivity contribution in [2.24, 2.45) is 0 Å². The van der Waals surface area contributed by atoms with Crippen molar-refractivity contribution in [1.29, 1.82) is 5.26 Å². The summed E-state index contributed by atoms with van der Waals surface area (Å²) < 4.78 is 0. The van der Waals surface area contributed by atoms with Crippen LogP contribution in [0, 0.1) is 18.3 Å². The lowest BCUT2D eigenvalue weighted by molar-refractivity contribution is 0.590. The second kappa shape index (κ2) is 5.30. The molecule has 0 aliphatic rings. The summed E-state index contributed by atoms with van der Waals surface area (Å²) in [5.41, 5.74) is 2.73. The van der Waals surface area contributed by atoms with Crippen LogP contribution in [0.1, 0.15) is 37.9 Å². The standard InChI is InChI=1S/C16H18N4/c1-11-18-14(10-17)9-15(19-11)20-13-7-5-12(6-8-13)16(2,3)4/h5-9H,1-4H3,(H,18,19,20). The van der Waals surface area contributed by atoms with Gasteiger partial charge in [0, 0.05) is 11.8 Å². The van der Waals surface area contributed by atoms with Crippen molar-refractivity contribution in [3.63, 3.8) is 0 Å². The summed E-state index contributed by atoms with van der Waals surface area (Å²) in [6.45, 7) is 8.32. The van der Waals surface area contributed by atoms with Gasteiger partial charge in [0.05, 0.1) is 0 Å². The van der Waals surface area contributed by atoms with Gasteiger partial charge in [0.25, 0.3) is 0 Å². The van der Waals surface area contributed by atoms with Gasteiger partial charge in [-0.05, 0) is 30.0 Å². The van der Waals surface area contributed by atoms with Crippen molar-refractivity contribution in [2.75, 3.05) is 5.32 Å². The Bertz CT molecular complexity index is 646. The minimum atomic E-state index is 0.137. The van der Waals surface area contributed by atoms with Crippen LogP contribution >= 0.6 is 0 Å². The smallest absolute Gasteiger partial charge is 0.146 e. The molecule has 1 aromatic heterocycles. The first-order chi connectivity index (χ1) is 9.38. The molecule has 1 aromatic carbocycles. The normalized spacial score (nSPS) is 10.9. The van der Waals surface area contributed by atoms with Crippen molar-refractivity contribution >= 4 is 11.5 Å². The molecule has 4 heteroatoms. The van der Waals surface area contributed by atoms with Gasteiger partial charge < -0.3 is 5.32 Å². The zero-order valence-electron chi connectivity index (χ0n) is 12.2. The summed E-state index contributed by atoms with van der Waals surface area (Å²) in [4.78, 5) is 8.30. The maximum absolute atomic E-state index is 8.91. The van der Waals surface area contributed by atoms with E-state index in [1.807, 2.05) is 18.2 Å². The predicted octanol–water partition coefficient (Wildman–Crippen LogP) is 3.70. The molecule has 0 fully saturated rings. The largest absolute Gasteiger partial charge is 0.340 e. The lowest BCUT2D eigenvalue weighted by atomic mass is 9.87. The third-order valence-corrected chi connectivity index (χ3v) is 2.98. The van der Waals surface area contributed by atoms with Gasteiger partial charge in [-0.15, -0.1) is 0 Å². The van der Waals surface area contributed by atoms with Gasteiger partial charge in [-0.3, -0.25) is 0 Å². The summed E-state index contributed by atoms with van der Waals surface area (Å²) in [7, 11) is 0. The van der Waals surface area contributed by atoms with E-state index >= 15 is 0 Å². The Hall–Kier alpha value is -2.41. The average molecular weight is 266 g/mol. The summed E-state index contributed by atoms with van der Waals surface area (Å²) in [5, 5.41) is 12.1. The van der Waals surface area contributed by atoms with Gasteiger partial charge in [0.1, 0.15) is 23.4 Å². The lowest BCUT2D eigenvalue weighted by Gasteiger charge is -2.19. The first-order valence-electron chi connectivity index (χ1n) is 6.52. The van der Waals surface area contributed by atoms with Crippen molar-refractivity contribution in [2.45, 2.75) is 33.1 Å². The van der Waals surface area contributed by atoms with Gasteiger partial charge in [-0.25, -0.2) is 9.97 Å². The number of hydrogen-bond acceptors (Lipinski definition) is 4. The third-order valence-electron chi connectivity index (χ3n) is 2.98. The van der Waals surface area contributed by atoms with E-state index in [9.17, 15) is 0 Å². The van der Waals surface area contributed by atoms with Crippen LogP contribution in [0.5, 0.6) is 0 Å². The molecule has 1 N–H and O–H groups in total. The molecule has 2 rings (SSSR count). The first-order valence-corrected chi connectivity index (χ1v) is 6.52. The van der Waals surface area contributed by atoms with Crippen LogP contribution in [0.25, 0.3) is 0 Å². The number of nitrogens with zero attached hydrogens (tertiary/aromatic N) is 3. The van der Waals surface area contributed by atoms with Gasteiger partial charge in [0.2, 0.25) is 0 Å². The van der Waals surface area contributed by atoms with Gasteiger partial charge in [-0.1, -0.05) is 32.9 Å². The van der Waals surface area contributed by atoms with Crippen LogP contribution in [0.15, 0.2) is 30.3 Å². The predicted molar refractivity (Wildman–Crippen MR) is 79.9 cm³/mol. The lowest BCUT2D eigenvalue weighted by Crippen LogP contribution is -2.10. The monoisotopic (exact) mass is 266 g/mol. The zero-order valence-corrected chi connectivity index (χ0v) is 12.2. The van der Waals surface area contributed by atoms with E-state index in [2.05, 4.69) is 48.2 Å². The fourth-order valence-electron chi connectivity index (χ4n) is 1.89. The molecule has 0 saturated heterocycles. The molecule has 0 atom stereocenters. The Labute approximate surface area is 119 Å². The van der Waals surface area contributed by atoms with Crippen molar-refractivity contribution in [3.8, 4) is 6.07 Å². The molecule has 2 aromatic rings. The van der Waals surface area contributed by atoms with E-state index in [0.29, 0.717) is 17.3 Å². The quantitative estimate of drug-likeness (QED) is 0.900. The summed E-state index contributed by atoms with van der Waals surface area (Å²) in [6, 6.07) is 11.9. The highest BCUT2D eigenvalue weighted by atomic mass is 15.0. The molecule has 20 heavy (non-hydrogen) atoms. The topological polar surface area (TPSA) is 61.6 Å². The highest BCUT2D eigenvalue weighted by Gasteiger charge is 2.12. The number of aryl methyl sites for hydroxylation is 1. The summed E-state index contributed by atoms with van der Waals surface area (Å²) >= 11 is 0. The average Bonchev–Trinajstić information content (AvgIpc) is 2.37. The molecule has 0 spiro atoms. The minimum Gasteiger partial charge on any atom is -0.340 e. The van der Waals surface area contributed by atoms with E-state index in [1.165, 1.54) is 5.56 Å². The van der Waals surface area contributed by atoms with Crippen LogP contribution < -0.4 is 5.32 Å². The molecule has 1 heterocycles. The van der Waals surface area contributed by atoms with Gasteiger partial charge >= 0.3 is 0 Å². The van der Waals surface area contributed by atoms with Crippen LogP contribution in [0.2, 0.25) is 0 Å². The van der Waals surface area contributed by atoms with E-state index in [-0.39, 0.29) is 5.41 Å². The number of benzene rings is 1. The van der Waals surface area contributed by atoms with Crippen LogP contribution in [-0.4, -0.2) is 9.97 Å². The summed E-state index contributed by atoms with van der Waals surface area (Å²) in [6.07, 6.45) is 0. The maximum Gasteiger partial charge on any atom is 0.146 e. The fourth-order valence-corrected chi connectivity index (χ4v) is 1.89. The fraction of sp³-hybridized carbons (Fsp3) is 0.312. The Morgan fingerprint density at radius 3 is 2.30 bits per heavy atom. The molecule has 0 saturated carbocycles. The second-order valence-corrected chi connectivity index (χ2v) is 5.75. The number of anilines is 2. The number of nitriles is 1. The molecule has 0 aliphatic carbocycles. The zero-order chi connectivity index (χ0) is 14.8. The minimum absolute atomic E-state index is 0.137. The summed E-state index contributed by atoms with van der Waals surface area (Å²) in [5.74, 6) is 1.22. The first kappa shape index (κ1) is 14.0. The molecular weight excluding hydrogens is 248 g/mol. The molecule has 0 radical (unpaired) electrons. The van der Waals surface area contributed by atoms with E-state index in [0.717, 1.165) is 5.69 Å². The van der Waals surface area contributed by atoms with Crippen LogP contribution in [0.4, 0.5) is 11.5 Å². The molecule has 0 amide bonds. The van der Waals surface area contributed by atoms with Crippen molar-refractivity contribution in [1.82, 2.24) is 9.97 Å². The number of hydrogen-bond donors (Lipinski definition) is 1. The van der Waals surface area contributed by atoms with Crippen molar-refractivity contribution in [3.05, 3.63) is 47.4 Å². The molecule has 0 unspecified atom stereocenters. The Balaban J connectivity index is 2.23. The second-order valence-electron chi connectivity index (χ2n) is 5.75. The Kier molecular flexibility index (Phi) is 3.71. The molecule has 0 aliphatic heterocycles.